The van der Waals surface area contributed by atoms with Crippen LogP contribution in [-0.4, -0.2) is 33.3 Å². The third-order valence-corrected chi connectivity index (χ3v) is 3.61. The monoisotopic (exact) mass is 359 g/mol. The van der Waals surface area contributed by atoms with E-state index in [0.29, 0.717) is 36.1 Å². The Labute approximate surface area is 154 Å². The van der Waals surface area contributed by atoms with Crippen LogP contribution in [0, 0.1) is 0 Å². The number of para-hydroxylation sites is 2. The second kappa shape index (κ2) is 10.2. The molecule has 0 atom stereocenters. The Balaban J connectivity index is 1.86. The maximum atomic E-state index is 12.1. The van der Waals surface area contributed by atoms with Crippen molar-refractivity contribution in [3.8, 4) is 23.0 Å². The lowest BCUT2D eigenvalue weighted by Crippen LogP contribution is -2.28. The van der Waals surface area contributed by atoms with Crippen LogP contribution in [0.5, 0.6) is 23.0 Å². The number of carbonyl (C=O) groups excluding carboxylic acids is 1. The molecule has 0 unspecified atom stereocenters. The molecule has 0 spiro atoms. The average molecular weight is 359 g/mol. The third-order valence-electron chi connectivity index (χ3n) is 3.61. The minimum Gasteiger partial charge on any atom is -0.493 e. The first-order valence-corrected chi connectivity index (χ1v) is 8.50. The van der Waals surface area contributed by atoms with Crippen molar-refractivity contribution < 1.29 is 23.7 Å². The van der Waals surface area contributed by atoms with Gasteiger partial charge in [-0.3, -0.25) is 4.79 Å². The first-order chi connectivity index (χ1) is 12.7. The zero-order valence-corrected chi connectivity index (χ0v) is 15.4. The van der Waals surface area contributed by atoms with E-state index in [1.54, 1.807) is 26.4 Å². The van der Waals surface area contributed by atoms with Crippen molar-refractivity contribution >= 4 is 5.91 Å². The summed E-state index contributed by atoms with van der Waals surface area (Å²) >= 11 is 0. The first kappa shape index (κ1) is 19.4. The highest BCUT2D eigenvalue weighted by molar-refractivity contribution is 5.77. The van der Waals surface area contributed by atoms with Crippen LogP contribution in [0.25, 0.3) is 0 Å². The van der Waals surface area contributed by atoms with Crippen molar-refractivity contribution in [3.63, 3.8) is 0 Å². The maximum Gasteiger partial charge on any atom is 0.258 e. The normalized spacial score (nSPS) is 10.1. The van der Waals surface area contributed by atoms with Gasteiger partial charge in [0, 0.05) is 6.54 Å². The van der Waals surface area contributed by atoms with E-state index in [2.05, 4.69) is 5.32 Å². The third kappa shape index (κ3) is 5.58. The van der Waals surface area contributed by atoms with Crippen molar-refractivity contribution in [2.45, 2.75) is 19.9 Å². The van der Waals surface area contributed by atoms with Crippen molar-refractivity contribution in [2.24, 2.45) is 0 Å². The van der Waals surface area contributed by atoms with Gasteiger partial charge in [-0.15, -0.1) is 0 Å². The summed E-state index contributed by atoms with van der Waals surface area (Å²) in [4.78, 5) is 12.1. The van der Waals surface area contributed by atoms with Gasteiger partial charge in [0.1, 0.15) is 0 Å². The topological polar surface area (TPSA) is 66.0 Å². The molecule has 0 bridgehead atoms. The molecule has 0 fully saturated rings. The molecule has 0 aromatic heterocycles. The molecule has 0 aliphatic rings. The number of rotatable bonds is 10. The van der Waals surface area contributed by atoms with Crippen LogP contribution in [0.4, 0.5) is 0 Å². The van der Waals surface area contributed by atoms with Gasteiger partial charge >= 0.3 is 0 Å². The molecular weight excluding hydrogens is 334 g/mol. The number of ether oxygens (including phenoxy) is 4. The minimum atomic E-state index is -0.218. The molecule has 0 aliphatic heterocycles. The molecule has 1 amide bonds. The summed E-state index contributed by atoms with van der Waals surface area (Å²) in [5, 5.41) is 2.82. The van der Waals surface area contributed by atoms with Gasteiger partial charge in [0.25, 0.3) is 5.91 Å². The molecule has 26 heavy (non-hydrogen) atoms. The van der Waals surface area contributed by atoms with Crippen molar-refractivity contribution in [1.29, 1.82) is 0 Å². The van der Waals surface area contributed by atoms with E-state index in [1.165, 1.54) is 0 Å². The summed E-state index contributed by atoms with van der Waals surface area (Å²) in [6.07, 6.45) is 0.903. The van der Waals surface area contributed by atoms with Gasteiger partial charge in [-0.25, -0.2) is 0 Å². The molecule has 2 aromatic carbocycles. The molecule has 0 saturated heterocycles. The molecule has 140 valence electrons. The Kier molecular flexibility index (Phi) is 7.61. The van der Waals surface area contributed by atoms with E-state index in [0.717, 1.165) is 12.0 Å². The summed E-state index contributed by atoms with van der Waals surface area (Å²) in [6.45, 7) is 2.92. The highest BCUT2D eigenvalue weighted by atomic mass is 16.5. The number of nitrogens with one attached hydrogen (secondary N) is 1. The fourth-order valence-corrected chi connectivity index (χ4v) is 2.29. The molecule has 2 aromatic rings. The van der Waals surface area contributed by atoms with E-state index >= 15 is 0 Å². The van der Waals surface area contributed by atoms with Gasteiger partial charge in [-0.1, -0.05) is 25.1 Å². The Morgan fingerprint density at radius 2 is 1.62 bits per heavy atom. The molecule has 0 radical (unpaired) electrons. The van der Waals surface area contributed by atoms with E-state index in [4.69, 9.17) is 18.9 Å². The summed E-state index contributed by atoms with van der Waals surface area (Å²) in [6, 6.07) is 12.8. The molecule has 6 nitrogen and oxygen atoms in total. The number of methoxy groups -OCH3 is 2. The fourth-order valence-electron chi connectivity index (χ4n) is 2.29. The van der Waals surface area contributed by atoms with Gasteiger partial charge in [0.05, 0.1) is 20.8 Å². The summed E-state index contributed by atoms with van der Waals surface area (Å²) in [5.41, 5.74) is 0.905. The van der Waals surface area contributed by atoms with Crippen LogP contribution in [0.3, 0.4) is 0 Å². The van der Waals surface area contributed by atoms with Crippen LogP contribution in [-0.2, 0) is 11.3 Å². The molecular formula is C20H25NO5. The van der Waals surface area contributed by atoms with E-state index in [-0.39, 0.29) is 12.5 Å². The zero-order chi connectivity index (χ0) is 18.8. The van der Waals surface area contributed by atoms with Crippen molar-refractivity contribution in [2.75, 3.05) is 27.4 Å². The molecule has 0 heterocycles. The van der Waals surface area contributed by atoms with Gasteiger partial charge < -0.3 is 24.3 Å². The first-order valence-electron chi connectivity index (χ1n) is 8.50. The van der Waals surface area contributed by atoms with Crippen LogP contribution in [0.15, 0.2) is 42.5 Å². The Hall–Kier alpha value is -2.89. The smallest absolute Gasteiger partial charge is 0.258 e. The lowest BCUT2D eigenvalue weighted by molar-refractivity contribution is -0.123. The van der Waals surface area contributed by atoms with Crippen LogP contribution < -0.4 is 24.3 Å². The highest BCUT2D eigenvalue weighted by Crippen LogP contribution is 2.28. The number of benzene rings is 2. The maximum absolute atomic E-state index is 12.1. The number of carbonyl (C=O) groups is 1. The number of hydrogen-bond donors (Lipinski definition) is 1. The second-order valence-electron chi connectivity index (χ2n) is 5.55. The fraction of sp³-hybridized carbons (Fsp3) is 0.350. The standard InChI is InChI=1S/C20H25NO5/c1-4-11-25-17-7-5-6-8-18(17)26-14-20(22)21-13-15-9-10-16(23-2)19(12-15)24-3/h5-10,12H,4,11,13-14H2,1-3H3,(H,21,22). The van der Waals surface area contributed by atoms with Crippen LogP contribution in [0.1, 0.15) is 18.9 Å². The van der Waals surface area contributed by atoms with E-state index in [9.17, 15) is 4.79 Å². The lowest BCUT2D eigenvalue weighted by atomic mass is 10.2. The van der Waals surface area contributed by atoms with Gasteiger partial charge in [0.2, 0.25) is 0 Å². The Bertz CT molecular complexity index is 717. The lowest BCUT2D eigenvalue weighted by Gasteiger charge is -2.13. The predicted octanol–water partition coefficient (Wildman–Crippen LogP) is 3.19. The molecule has 1 N–H and O–H groups in total. The summed E-state index contributed by atoms with van der Waals surface area (Å²) in [7, 11) is 3.16. The van der Waals surface area contributed by atoms with Gasteiger partial charge in [-0.05, 0) is 36.2 Å². The molecule has 0 saturated carbocycles. The van der Waals surface area contributed by atoms with Crippen molar-refractivity contribution in [3.05, 3.63) is 48.0 Å². The average Bonchev–Trinajstić information content (AvgIpc) is 2.69. The predicted molar refractivity (Wildman–Crippen MR) is 99.1 cm³/mol. The quantitative estimate of drug-likeness (QED) is 0.706. The Morgan fingerprint density at radius 1 is 0.923 bits per heavy atom. The zero-order valence-electron chi connectivity index (χ0n) is 15.4. The van der Waals surface area contributed by atoms with E-state index in [1.807, 2.05) is 37.3 Å². The van der Waals surface area contributed by atoms with E-state index < -0.39 is 0 Å². The Morgan fingerprint density at radius 3 is 2.27 bits per heavy atom. The summed E-state index contributed by atoms with van der Waals surface area (Å²) in [5.74, 6) is 2.25. The second-order valence-corrected chi connectivity index (χ2v) is 5.55. The van der Waals surface area contributed by atoms with Gasteiger partial charge in [-0.2, -0.15) is 0 Å². The van der Waals surface area contributed by atoms with Crippen LogP contribution in [0.2, 0.25) is 0 Å². The molecule has 2 rings (SSSR count). The van der Waals surface area contributed by atoms with Gasteiger partial charge in [0.15, 0.2) is 29.6 Å². The minimum absolute atomic E-state index is 0.0835. The molecule has 6 heteroatoms. The van der Waals surface area contributed by atoms with Crippen molar-refractivity contribution in [1.82, 2.24) is 5.32 Å². The SMILES string of the molecule is CCCOc1ccccc1OCC(=O)NCc1ccc(OC)c(OC)c1. The summed E-state index contributed by atoms with van der Waals surface area (Å²) < 4.78 is 21.7. The van der Waals surface area contributed by atoms with Crippen LogP contribution >= 0.6 is 0 Å². The number of hydrogen-bond acceptors (Lipinski definition) is 5. The number of amides is 1. The highest BCUT2D eigenvalue weighted by Gasteiger charge is 2.09. The molecule has 0 aliphatic carbocycles. The largest absolute Gasteiger partial charge is 0.493 e.